The van der Waals surface area contributed by atoms with E-state index >= 15 is 0 Å². The molecule has 2 aliphatic heterocycles. The first kappa shape index (κ1) is 12.8. The number of aromatic nitrogens is 1. The van der Waals surface area contributed by atoms with Crippen LogP contribution in [0, 0.1) is 0 Å². The lowest BCUT2D eigenvalue weighted by molar-refractivity contribution is 0.0797. The number of ether oxygens (including phenoxy) is 1. The van der Waals surface area contributed by atoms with E-state index < -0.39 is 0 Å². The number of fused-ring (bicyclic) bond motifs is 3. The molecule has 1 fully saturated rings. The average molecular weight is 263 g/mol. The van der Waals surface area contributed by atoms with E-state index in [1.54, 1.807) is 0 Å². The summed E-state index contributed by atoms with van der Waals surface area (Å²) in [6.07, 6.45) is 1.08. The average Bonchev–Trinajstić information content (AvgIpc) is 2.78. The molecule has 2 unspecified atom stereocenters. The predicted molar refractivity (Wildman–Crippen MR) is 73.3 cm³/mol. The minimum Gasteiger partial charge on any atom is -0.394 e. The Labute approximate surface area is 113 Å². The highest BCUT2D eigenvalue weighted by atomic mass is 16.5. The molecule has 0 saturated carbocycles. The van der Waals surface area contributed by atoms with E-state index in [9.17, 15) is 0 Å². The first-order valence-corrected chi connectivity index (χ1v) is 6.96. The number of anilines is 1. The van der Waals surface area contributed by atoms with Crippen LogP contribution in [-0.2, 0) is 17.8 Å². The topological polar surface area (TPSA) is 57.6 Å². The highest BCUT2D eigenvalue weighted by Gasteiger charge is 2.36. The second-order valence-corrected chi connectivity index (χ2v) is 5.33. The zero-order valence-corrected chi connectivity index (χ0v) is 11.3. The maximum absolute atomic E-state index is 8.73. The third-order valence-electron chi connectivity index (χ3n) is 3.89. The van der Waals surface area contributed by atoms with Crippen molar-refractivity contribution in [1.29, 1.82) is 0 Å². The number of nitrogens with zero attached hydrogens (tertiary/aromatic N) is 2. The smallest absolute Gasteiger partial charge is 0.132 e. The van der Waals surface area contributed by atoms with Gasteiger partial charge in [-0.1, -0.05) is 6.07 Å². The van der Waals surface area contributed by atoms with Gasteiger partial charge in [-0.15, -0.1) is 0 Å². The van der Waals surface area contributed by atoms with E-state index in [4.69, 9.17) is 14.8 Å². The number of nitrogens with one attached hydrogen (secondary N) is 1. The molecule has 2 aliphatic rings. The molecule has 1 saturated heterocycles. The second kappa shape index (κ2) is 5.45. The quantitative estimate of drug-likeness (QED) is 0.766. The maximum Gasteiger partial charge on any atom is 0.132 e. The summed E-state index contributed by atoms with van der Waals surface area (Å²) >= 11 is 0. The van der Waals surface area contributed by atoms with Gasteiger partial charge in [0.15, 0.2) is 0 Å². The van der Waals surface area contributed by atoms with Crippen LogP contribution in [0.5, 0.6) is 0 Å². The number of hydrogen-bond acceptors (Lipinski definition) is 5. The molecule has 19 heavy (non-hydrogen) atoms. The van der Waals surface area contributed by atoms with Crippen LogP contribution in [0.2, 0.25) is 0 Å². The normalized spacial score (nSPS) is 25.3. The van der Waals surface area contributed by atoms with Crippen molar-refractivity contribution in [2.45, 2.75) is 32.0 Å². The van der Waals surface area contributed by atoms with Crippen molar-refractivity contribution in [1.82, 2.24) is 10.3 Å². The van der Waals surface area contributed by atoms with Gasteiger partial charge in [0, 0.05) is 25.2 Å². The lowest BCUT2D eigenvalue weighted by Gasteiger charge is -2.37. The molecule has 2 atom stereocenters. The van der Waals surface area contributed by atoms with Gasteiger partial charge in [-0.05, 0) is 25.0 Å². The monoisotopic (exact) mass is 263 g/mol. The Bertz CT molecular complexity index is 452. The lowest BCUT2D eigenvalue weighted by atomic mass is 10.1. The molecule has 0 bridgehead atoms. The summed E-state index contributed by atoms with van der Waals surface area (Å²) in [5.74, 6) is 1.13. The van der Waals surface area contributed by atoms with Crippen LogP contribution >= 0.6 is 0 Å². The van der Waals surface area contributed by atoms with Crippen molar-refractivity contribution >= 4 is 5.82 Å². The molecule has 2 N–H and O–H groups in total. The van der Waals surface area contributed by atoms with Crippen molar-refractivity contribution in [3.63, 3.8) is 0 Å². The van der Waals surface area contributed by atoms with Crippen LogP contribution in [0.15, 0.2) is 12.1 Å². The van der Waals surface area contributed by atoms with Gasteiger partial charge in [0.25, 0.3) is 0 Å². The lowest BCUT2D eigenvalue weighted by Crippen LogP contribution is -2.55. The summed E-state index contributed by atoms with van der Waals surface area (Å²) in [5, 5.41) is 12.2. The minimum absolute atomic E-state index is 0.0574. The molecule has 0 spiro atoms. The Hall–Kier alpha value is -1.17. The minimum atomic E-state index is 0.0574. The van der Waals surface area contributed by atoms with Crippen molar-refractivity contribution < 1.29 is 9.84 Å². The number of piperazine rings is 1. The van der Waals surface area contributed by atoms with Crippen molar-refractivity contribution in [2.24, 2.45) is 0 Å². The van der Waals surface area contributed by atoms with Gasteiger partial charge < -0.3 is 20.1 Å². The van der Waals surface area contributed by atoms with Crippen LogP contribution in [0.4, 0.5) is 5.82 Å². The van der Waals surface area contributed by atoms with Gasteiger partial charge in [0.1, 0.15) is 5.82 Å². The fourth-order valence-electron chi connectivity index (χ4n) is 3.04. The van der Waals surface area contributed by atoms with Crippen molar-refractivity contribution in [3.05, 3.63) is 23.4 Å². The Morgan fingerprint density at radius 1 is 1.47 bits per heavy atom. The summed E-state index contributed by atoms with van der Waals surface area (Å²) < 4.78 is 5.35. The van der Waals surface area contributed by atoms with Gasteiger partial charge in [-0.3, -0.25) is 0 Å². The van der Waals surface area contributed by atoms with E-state index in [0.29, 0.717) is 25.3 Å². The molecule has 104 valence electrons. The molecular weight excluding hydrogens is 242 g/mol. The number of aliphatic hydroxyl groups is 1. The zero-order valence-electron chi connectivity index (χ0n) is 11.3. The summed E-state index contributed by atoms with van der Waals surface area (Å²) in [7, 11) is 0. The van der Waals surface area contributed by atoms with Gasteiger partial charge in [-0.2, -0.15) is 0 Å². The molecular formula is C14H21N3O2. The maximum atomic E-state index is 8.73. The Kier molecular flexibility index (Phi) is 3.68. The van der Waals surface area contributed by atoms with Crippen LogP contribution in [-0.4, -0.2) is 48.5 Å². The van der Waals surface area contributed by atoms with Crippen LogP contribution in [0.3, 0.4) is 0 Å². The molecule has 5 heteroatoms. The highest BCUT2D eigenvalue weighted by molar-refractivity contribution is 5.56. The fraction of sp³-hybridized carbons (Fsp3) is 0.643. The second-order valence-electron chi connectivity index (χ2n) is 5.33. The summed E-state index contributed by atoms with van der Waals surface area (Å²) in [5.41, 5.74) is 2.28. The Morgan fingerprint density at radius 2 is 2.37 bits per heavy atom. The first-order valence-electron chi connectivity index (χ1n) is 6.96. The molecule has 0 amide bonds. The Morgan fingerprint density at radius 3 is 3.21 bits per heavy atom. The van der Waals surface area contributed by atoms with Crippen LogP contribution in [0.25, 0.3) is 0 Å². The van der Waals surface area contributed by atoms with E-state index in [2.05, 4.69) is 23.2 Å². The third-order valence-corrected chi connectivity index (χ3v) is 3.89. The number of rotatable bonds is 4. The molecule has 0 aliphatic carbocycles. The summed E-state index contributed by atoms with van der Waals surface area (Å²) in [6, 6.07) is 5.23. The number of pyridine rings is 1. The van der Waals surface area contributed by atoms with Gasteiger partial charge in [0.2, 0.25) is 0 Å². The van der Waals surface area contributed by atoms with E-state index in [-0.39, 0.29) is 6.61 Å². The standard InChI is InChI=1S/C14H21N3O2/c1-10-7-15-8-13-6-11-2-3-12(9-19-5-4-18)16-14(11)17(10)13/h2-3,10,13,15,18H,4-9H2,1H3. The number of aliphatic hydroxyl groups excluding tert-OH is 1. The molecule has 1 aromatic rings. The van der Waals surface area contributed by atoms with Crippen molar-refractivity contribution in [3.8, 4) is 0 Å². The largest absolute Gasteiger partial charge is 0.394 e. The predicted octanol–water partition coefficient (Wildman–Crippen LogP) is 0.313. The Balaban J connectivity index is 1.79. The van der Waals surface area contributed by atoms with Gasteiger partial charge >= 0.3 is 0 Å². The fourth-order valence-corrected chi connectivity index (χ4v) is 3.04. The molecule has 3 heterocycles. The molecule has 5 nitrogen and oxygen atoms in total. The van der Waals surface area contributed by atoms with Crippen LogP contribution in [0.1, 0.15) is 18.2 Å². The molecule has 3 rings (SSSR count). The van der Waals surface area contributed by atoms with E-state index in [1.165, 1.54) is 5.56 Å². The number of hydrogen-bond donors (Lipinski definition) is 2. The first-order chi connectivity index (χ1) is 9.29. The third kappa shape index (κ3) is 2.45. The van der Waals surface area contributed by atoms with Crippen LogP contribution < -0.4 is 10.2 Å². The molecule has 0 aromatic carbocycles. The molecule has 0 radical (unpaired) electrons. The van der Waals surface area contributed by atoms with Gasteiger partial charge in [0.05, 0.1) is 25.5 Å². The zero-order chi connectivity index (χ0) is 13.2. The van der Waals surface area contributed by atoms with Crippen molar-refractivity contribution in [2.75, 3.05) is 31.2 Å². The summed E-state index contributed by atoms with van der Waals surface area (Å²) in [6.45, 7) is 5.19. The highest BCUT2D eigenvalue weighted by Crippen LogP contribution is 2.33. The summed E-state index contributed by atoms with van der Waals surface area (Å²) in [4.78, 5) is 7.20. The van der Waals surface area contributed by atoms with E-state index in [0.717, 1.165) is 31.0 Å². The SMILES string of the molecule is CC1CNCC2Cc3ccc(COCCO)nc3N12. The molecule has 1 aromatic heterocycles. The van der Waals surface area contributed by atoms with E-state index in [1.807, 2.05) is 6.07 Å². The van der Waals surface area contributed by atoms with Gasteiger partial charge in [-0.25, -0.2) is 4.98 Å².